The topological polar surface area (TPSA) is 96.0 Å². The number of amides is 2. The standard InChI is InChI=1S/C33H40ClN3O5S/c1-5-30(33(39)35-26-12-8-9-13-26)36(21-25-11-7-6-10-24(25)3)32(38)22-37(27-16-19-31(42-4)29(34)20-27)43(40,41)28-17-14-23(2)15-18-28/h6-7,10-11,14-20,26,30H,5,8-9,12-13,21-22H2,1-4H3,(H,35,39). The van der Waals surface area contributed by atoms with E-state index in [4.69, 9.17) is 16.3 Å². The molecule has 0 spiro atoms. The lowest BCUT2D eigenvalue weighted by atomic mass is 10.1. The largest absolute Gasteiger partial charge is 0.495 e. The van der Waals surface area contributed by atoms with E-state index in [-0.39, 0.29) is 34.1 Å². The van der Waals surface area contributed by atoms with Crippen LogP contribution in [0.2, 0.25) is 5.02 Å². The van der Waals surface area contributed by atoms with Crippen LogP contribution in [0.3, 0.4) is 0 Å². The second-order valence-electron chi connectivity index (χ2n) is 11.0. The Kier molecular flexibility index (Phi) is 10.7. The number of aryl methyl sites for hydroxylation is 2. The molecule has 4 rings (SSSR count). The summed E-state index contributed by atoms with van der Waals surface area (Å²) in [7, 11) is -2.73. The Morgan fingerprint density at radius 1 is 1.02 bits per heavy atom. The van der Waals surface area contributed by atoms with E-state index in [2.05, 4.69) is 5.32 Å². The lowest BCUT2D eigenvalue weighted by molar-refractivity contribution is -0.140. The zero-order valence-corrected chi connectivity index (χ0v) is 26.7. The average Bonchev–Trinajstić information content (AvgIpc) is 3.49. The number of halogens is 1. The minimum absolute atomic E-state index is 0.0364. The summed E-state index contributed by atoms with van der Waals surface area (Å²) in [5.74, 6) is -0.351. The molecule has 43 heavy (non-hydrogen) atoms. The van der Waals surface area contributed by atoms with Gasteiger partial charge in [0.25, 0.3) is 10.0 Å². The van der Waals surface area contributed by atoms with E-state index in [0.717, 1.165) is 46.7 Å². The number of hydrogen-bond acceptors (Lipinski definition) is 5. The van der Waals surface area contributed by atoms with Crippen molar-refractivity contribution in [2.45, 2.75) is 76.4 Å². The lowest BCUT2D eigenvalue weighted by Crippen LogP contribution is -2.53. The molecule has 0 aromatic heterocycles. The van der Waals surface area contributed by atoms with Crippen molar-refractivity contribution >= 4 is 39.1 Å². The Balaban J connectivity index is 1.75. The van der Waals surface area contributed by atoms with Gasteiger partial charge >= 0.3 is 0 Å². The maximum Gasteiger partial charge on any atom is 0.264 e. The van der Waals surface area contributed by atoms with Crippen molar-refractivity contribution in [2.75, 3.05) is 18.0 Å². The first kappa shape index (κ1) is 32.4. The Labute approximate surface area is 260 Å². The third kappa shape index (κ3) is 7.70. The first-order valence-electron chi connectivity index (χ1n) is 14.6. The van der Waals surface area contributed by atoms with Crippen molar-refractivity contribution in [1.29, 1.82) is 0 Å². The lowest BCUT2D eigenvalue weighted by Gasteiger charge is -2.34. The molecular formula is C33H40ClN3O5S. The molecule has 3 aromatic rings. The van der Waals surface area contributed by atoms with Crippen LogP contribution in [0.15, 0.2) is 71.6 Å². The SMILES string of the molecule is CCC(C(=O)NC1CCCC1)N(Cc1ccccc1C)C(=O)CN(c1ccc(OC)c(Cl)c1)S(=O)(=O)c1ccc(C)cc1. The summed E-state index contributed by atoms with van der Waals surface area (Å²) in [5, 5.41) is 3.34. The highest BCUT2D eigenvalue weighted by molar-refractivity contribution is 7.92. The van der Waals surface area contributed by atoms with Crippen molar-refractivity contribution in [3.05, 3.63) is 88.4 Å². The van der Waals surface area contributed by atoms with Crippen LogP contribution in [-0.4, -0.2) is 50.9 Å². The monoisotopic (exact) mass is 625 g/mol. The fourth-order valence-corrected chi connectivity index (χ4v) is 7.09. The molecule has 0 radical (unpaired) electrons. The summed E-state index contributed by atoms with van der Waals surface area (Å²) in [6.07, 6.45) is 4.31. The first-order valence-corrected chi connectivity index (χ1v) is 16.4. The Morgan fingerprint density at radius 2 is 1.70 bits per heavy atom. The van der Waals surface area contributed by atoms with Crippen molar-refractivity contribution in [1.82, 2.24) is 10.2 Å². The van der Waals surface area contributed by atoms with E-state index in [1.165, 1.54) is 30.2 Å². The van der Waals surface area contributed by atoms with E-state index in [1.54, 1.807) is 24.3 Å². The third-order valence-corrected chi connectivity index (χ3v) is 10.1. The number of sulfonamides is 1. The zero-order valence-electron chi connectivity index (χ0n) is 25.2. The van der Waals surface area contributed by atoms with Gasteiger partial charge in [-0.15, -0.1) is 0 Å². The molecule has 10 heteroatoms. The summed E-state index contributed by atoms with van der Waals surface area (Å²) in [4.78, 5) is 29.5. The van der Waals surface area contributed by atoms with Crippen LogP contribution in [0.1, 0.15) is 55.7 Å². The summed E-state index contributed by atoms with van der Waals surface area (Å²) in [6.45, 7) is 5.31. The number of carbonyl (C=O) groups is 2. The molecule has 1 aliphatic carbocycles. The predicted molar refractivity (Wildman–Crippen MR) is 170 cm³/mol. The number of nitrogens with zero attached hydrogens (tertiary/aromatic N) is 2. The first-order chi connectivity index (χ1) is 20.5. The van der Waals surface area contributed by atoms with Crippen LogP contribution in [-0.2, 0) is 26.2 Å². The van der Waals surface area contributed by atoms with E-state index >= 15 is 0 Å². The van der Waals surface area contributed by atoms with Crippen molar-refractivity contribution in [3.63, 3.8) is 0 Å². The molecule has 0 bridgehead atoms. The smallest absolute Gasteiger partial charge is 0.264 e. The zero-order chi connectivity index (χ0) is 31.1. The van der Waals surface area contributed by atoms with Crippen molar-refractivity contribution in [2.24, 2.45) is 0 Å². The van der Waals surface area contributed by atoms with Crippen molar-refractivity contribution < 1.29 is 22.7 Å². The number of nitrogens with one attached hydrogen (secondary N) is 1. The minimum atomic E-state index is -4.20. The molecule has 0 saturated heterocycles. The highest BCUT2D eigenvalue weighted by Gasteiger charge is 2.35. The number of rotatable bonds is 12. The van der Waals surface area contributed by atoms with Gasteiger partial charge in [0.2, 0.25) is 11.8 Å². The number of anilines is 1. The van der Waals surface area contributed by atoms with Gasteiger partial charge < -0.3 is 15.0 Å². The van der Waals surface area contributed by atoms with E-state index in [9.17, 15) is 18.0 Å². The van der Waals surface area contributed by atoms with Crippen LogP contribution >= 0.6 is 11.6 Å². The molecule has 0 heterocycles. The predicted octanol–water partition coefficient (Wildman–Crippen LogP) is 6.03. The number of benzene rings is 3. The number of hydrogen-bond donors (Lipinski definition) is 1. The van der Waals surface area contributed by atoms with Crippen LogP contribution in [0, 0.1) is 13.8 Å². The maximum atomic E-state index is 14.3. The van der Waals surface area contributed by atoms with Gasteiger partial charge in [0.05, 0.1) is 22.7 Å². The third-order valence-electron chi connectivity index (χ3n) is 8.00. The van der Waals surface area contributed by atoms with Gasteiger partial charge in [-0.2, -0.15) is 0 Å². The molecule has 1 saturated carbocycles. The van der Waals surface area contributed by atoms with Gasteiger partial charge in [0.1, 0.15) is 18.3 Å². The van der Waals surface area contributed by atoms with Gasteiger partial charge in [-0.05, 0) is 74.6 Å². The summed E-state index contributed by atoms with van der Waals surface area (Å²) >= 11 is 6.41. The summed E-state index contributed by atoms with van der Waals surface area (Å²) in [6, 6.07) is 18.0. The van der Waals surface area contributed by atoms with E-state index in [0.29, 0.717) is 12.2 Å². The summed E-state index contributed by atoms with van der Waals surface area (Å²) in [5.41, 5.74) is 2.96. The second kappa shape index (κ2) is 14.3. The molecule has 1 N–H and O–H groups in total. The normalized spacial score (nSPS) is 14.3. The van der Waals surface area contributed by atoms with Crippen LogP contribution in [0.5, 0.6) is 5.75 Å². The van der Waals surface area contributed by atoms with Crippen LogP contribution in [0.25, 0.3) is 0 Å². The van der Waals surface area contributed by atoms with Crippen molar-refractivity contribution in [3.8, 4) is 5.75 Å². The molecule has 2 amide bonds. The van der Waals surface area contributed by atoms with Gasteiger partial charge in [-0.1, -0.05) is 73.3 Å². The second-order valence-corrected chi connectivity index (χ2v) is 13.3. The molecule has 0 aliphatic heterocycles. The van der Waals surface area contributed by atoms with E-state index < -0.39 is 28.5 Å². The Morgan fingerprint density at radius 3 is 2.30 bits per heavy atom. The fraction of sp³-hybridized carbons (Fsp3) is 0.394. The molecule has 8 nitrogen and oxygen atoms in total. The van der Waals surface area contributed by atoms with Gasteiger partial charge in [-0.3, -0.25) is 13.9 Å². The van der Waals surface area contributed by atoms with Crippen LogP contribution in [0.4, 0.5) is 5.69 Å². The summed E-state index contributed by atoms with van der Waals surface area (Å²) < 4.78 is 34.5. The molecule has 1 aliphatic rings. The number of ether oxygens (including phenoxy) is 1. The molecule has 1 atom stereocenters. The fourth-order valence-electron chi connectivity index (χ4n) is 5.43. The Hall–Kier alpha value is -3.56. The number of methoxy groups -OCH3 is 1. The van der Waals surface area contributed by atoms with Gasteiger partial charge in [0, 0.05) is 12.6 Å². The molecule has 1 fully saturated rings. The molecular weight excluding hydrogens is 586 g/mol. The van der Waals surface area contributed by atoms with Gasteiger partial charge in [-0.25, -0.2) is 8.42 Å². The number of carbonyl (C=O) groups excluding carboxylic acids is 2. The molecule has 3 aromatic carbocycles. The van der Waals surface area contributed by atoms with Crippen LogP contribution < -0.4 is 14.4 Å². The molecule has 230 valence electrons. The highest BCUT2D eigenvalue weighted by atomic mass is 35.5. The molecule has 1 unspecified atom stereocenters. The van der Waals surface area contributed by atoms with E-state index in [1.807, 2.05) is 45.0 Å². The maximum absolute atomic E-state index is 14.3. The quantitative estimate of drug-likeness (QED) is 0.265. The minimum Gasteiger partial charge on any atom is -0.495 e. The van der Waals surface area contributed by atoms with Gasteiger partial charge in [0.15, 0.2) is 0 Å². The highest BCUT2D eigenvalue weighted by Crippen LogP contribution is 2.32. The average molecular weight is 626 g/mol. The Bertz CT molecular complexity index is 1540.